The molecule has 0 amide bonds. The molecule has 0 spiro atoms. The Morgan fingerprint density at radius 3 is 2.33 bits per heavy atom. The molecule has 0 bridgehead atoms. The lowest BCUT2D eigenvalue weighted by molar-refractivity contribution is -0.924. The molecule has 1 N–H and O–H groups in total. The van der Waals surface area contributed by atoms with Crippen LogP contribution in [0.25, 0.3) is 22.4 Å². The zero-order valence-corrected chi connectivity index (χ0v) is 17.8. The highest BCUT2D eigenvalue weighted by Gasteiger charge is 2.19. The molecule has 0 unspecified atom stereocenters. The van der Waals surface area contributed by atoms with Crippen molar-refractivity contribution in [1.29, 1.82) is 0 Å². The molecule has 1 saturated heterocycles. The first kappa shape index (κ1) is 19.2. The van der Waals surface area contributed by atoms with Gasteiger partial charge in [-0.05, 0) is 62.2 Å². The van der Waals surface area contributed by atoms with Crippen molar-refractivity contribution < 1.29 is 4.90 Å². The SMILES string of the molecule is O=c1c2ccccc2n2c(=S)n(C[NH+]3CCCCCCC3)nc2n1-c1ccccc1. The maximum absolute atomic E-state index is 13.4. The molecule has 2 aromatic heterocycles. The Kier molecular flexibility index (Phi) is 5.23. The van der Waals surface area contributed by atoms with Crippen molar-refractivity contribution in [2.24, 2.45) is 0 Å². The van der Waals surface area contributed by atoms with Crippen LogP contribution in [0, 0.1) is 4.77 Å². The van der Waals surface area contributed by atoms with E-state index in [1.54, 1.807) is 4.57 Å². The smallest absolute Gasteiger partial charge is 0.267 e. The van der Waals surface area contributed by atoms with E-state index in [-0.39, 0.29) is 5.56 Å². The quantitative estimate of drug-likeness (QED) is 0.519. The van der Waals surface area contributed by atoms with Crippen LogP contribution in [-0.2, 0) is 6.67 Å². The predicted octanol–water partition coefficient (Wildman–Crippen LogP) is 2.98. The van der Waals surface area contributed by atoms with Crippen LogP contribution in [0.1, 0.15) is 32.1 Å². The molecule has 154 valence electrons. The van der Waals surface area contributed by atoms with Gasteiger partial charge in [-0.2, -0.15) is 4.68 Å². The molecule has 1 aliphatic heterocycles. The van der Waals surface area contributed by atoms with Crippen LogP contribution >= 0.6 is 12.2 Å². The molecule has 30 heavy (non-hydrogen) atoms. The minimum atomic E-state index is -0.0740. The average molecular weight is 421 g/mol. The van der Waals surface area contributed by atoms with Crippen LogP contribution in [0.3, 0.4) is 0 Å². The van der Waals surface area contributed by atoms with Crippen molar-refractivity contribution >= 4 is 28.9 Å². The van der Waals surface area contributed by atoms with Gasteiger partial charge in [0.1, 0.15) is 0 Å². The van der Waals surface area contributed by atoms with Crippen molar-refractivity contribution in [2.75, 3.05) is 13.1 Å². The van der Waals surface area contributed by atoms with Crippen molar-refractivity contribution in [3.8, 4) is 5.69 Å². The molecular formula is C23H26N5OS+. The van der Waals surface area contributed by atoms with Gasteiger partial charge in [-0.15, -0.1) is 5.10 Å². The Morgan fingerprint density at radius 1 is 0.900 bits per heavy atom. The minimum Gasteiger partial charge on any atom is -0.316 e. The fourth-order valence-electron chi connectivity index (χ4n) is 4.50. The Labute approximate surface area is 180 Å². The second-order valence-electron chi connectivity index (χ2n) is 8.09. The summed E-state index contributed by atoms with van der Waals surface area (Å²) in [5.74, 6) is 0.571. The van der Waals surface area contributed by atoms with Gasteiger partial charge in [0.15, 0.2) is 6.67 Å². The van der Waals surface area contributed by atoms with Crippen LogP contribution in [0.4, 0.5) is 0 Å². The van der Waals surface area contributed by atoms with Crippen molar-refractivity contribution in [2.45, 2.75) is 38.8 Å². The first-order valence-corrected chi connectivity index (χ1v) is 11.2. The van der Waals surface area contributed by atoms with Gasteiger partial charge in [0, 0.05) is 0 Å². The van der Waals surface area contributed by atoms with E-state index >= 15 is 0 Å². The van der Waals surface area contributed by atoms with Crippen LogP contribution in [-0.4, -0.2) is 31.8 Å². The third-order valence-corrected chi connectivity index (χ3v) is 6.44. The number of benzene rings is 2. The summed E-state index contributed by atoms with van der Waals surface area (Å²) in [5.41, 5.74) is 1.53. The zero-order valence-electron chi connectivity index (χ0n) is 17.0. The summed E-state index contributed by atoms with van der Waals surface area (Å²) in [7, 11) is 0. The molecule has 1 fully saturated rings. The van der Waals surface area contributed by atoms with Gasteiger partial charge in [-0.1, -0.05) is 36.8 Å². The summed E-state index contributed by atoms with van der Waals surface area (Å²) >= 11 is 5.87. The molecule has 6 nitrogen and oxygen atoms in total. The Morgan fingerprint density at radius 2 is 1.57 bits per heavy atom. The molecular weight excluding hydrogens is 394 g/mol. The number of para-hydroxylation sites is 2. The predicted molar refractivity (Wildman–Crippen MR) is 121 cm³/mol. The second kappa shape index (κ2) is 8.16. The fourth-order valence-corrected chi connectivity index (χ4v) is 4.79. The summed E-state index contributed by atoms with van der Waals surface area (Å²) in [5, 5.41) is 5.51. The van der Waals surface area contributed by atoms with Gasteiger partial charge < -0.3 is 4.90 Å². The van der Waals surface area contributed by atoms with Gasteiger partial charge in [-0.3, -0.25) is 9.20 Å². The molecule has 0 aliphatic carbocycles. The zero-order chi connectivity index (χ0) is 20.5. The van der Waals surface area contributed by atoms with E-state index in [2.05, 4.69) is 0 Å². The van der Waals surface area contributed by atoms with Gasteiger partial charge >= 0.3 is 0 Å². The number of nitrogens with one attached hydrogen (secondary N) is 1. The van der Waals surface area contributed by atoms with Gasteiger partial charge in [0.2, 0.25) is 10.5 Å². The second-order valence-corrected chi connectivity index (χ2v) is 8.45. The number of hydrogen-bond donors (Lipinski definition) is 1. The number of aromatic nitrogens is 4. The normalized spacial score (nSPS) is 16.0. The maximum Gasteiger partial charge on any atom is 0.267 e. The highest BCUT2D eigenvalue weighted by molar-refractivity contribution is 7.71. The summed E-state index contributed by atoms with van der Waals surface area (Å²) in [6, 6.07) is 17.3. The summed E-state index contributed by atoms with van der Waals surface area (Å²) in [4.78, 5) is 14.9. The van der Waals surface area contributed by atoms with E-state index in [0.29, 0.717) is 15.9 Å². The Bertz CT molecular complexity index is 1300. The molecule has 5 rings (SSSR count). The molecule has 7 heteroatoms. The Hall–Kier alpha value is -2.77. The highest BCUT2D eigenvalue weighted by atomic mass is 32.1. The lowest BCUT2D eigenvalue weighted by Gasteiger charge is -2.21. The molecule has 0 saturated carbocycles. The summed E-state index contributed by atoms with van der Waals surface area (Å²) in [6.45, 7) is 3.02. The van der Waals surface area contributed by atoms with Crippen LogP contribution in [0.15, 0.2) is 59.4 Å². The van der Waals surface area contributed by atoms with E-state index in [1.165, 1.54) is 37.0 Å². The average Bonchev–Trinajstić information content (AvgIpc) is 3.07. The van der Waals surface area contributed by atoms with Crippen LogP contribution in [0.2, 0.25) is 0 Å². The lowest BCUT2D eigenvalue weighted by Crippen LogP contribution is -3.11. The topological polar surface area (TPSA) is 48.7 Å². The third-order valence-electron chi connectivity index (χ3n) is 6.05. The van der Waals surface area contributed by atoms with Gasteiger partial charge in [-0.25, -0.2) is 4.57 Å². The molecule has 3 heterocycles. The number of fused-ring (bicyclic) bond motifs is 3. The minimum absolute atomic E-state index is 0.0740. The summed E-state index contributed by atoms with van der Waals surface area (Å²) < 4.78 is 6.17. The number of nitrogens with zero attached hydrogens (tertiary/aromatic N) is 4. The number of hydrogen-bond acceptors (Lipinski definition) is 3. The molecule has 0 radical (unpaired) electrons. The van der Waals surface area contributed by atoms with Gasteiger partial charge in [0.05, 0.1) is 29.7 Å². The highest BCUT2D eigenvalue weighted by Crippen LogP contribution is 2.17. The van der Waals surface area contributed by atoms with Crippen molar-refractivity contribution in [1.82, 2.24) is 18.7 Å². The molecule has 0 atom stereocenters. The van der Waals surface area contributed by atoms with E-state index < -0.39 is 0 Å². The van der Waals surface area contributed by atoms with E-state index in [0.717, 1.165) is 31.0 Å². The Balaban J connectivity index is 1.72. The number of rotatable bonds is 3. The summed E-state index contributed by atoms with van der Waals surface area (Å²) in [6.07, 6.45) is 6.44. The largest absolute Gasteiger partial charge is 0.316 e. The number of quaternary nitrogens is 1. The third kappa shape index (κ3) is 3.38. The standard InChI is InChI=1S/C23H25N5OS/c29-21-19-13-7-8-14-20(19)28-22(27(21)18-11-5-4-6-12-18)24-26(23(28)30)17-25-15-9-2-1-3-10-16-25/h4-8,11-14H,1-3,9-10,15-17H2/p+1. The van der Waals surface area contributed by atoms with E-state index in [4.69, 9.17) is 17.3 Å². The maximum atomic E-state index is 13.4. The van der Waals surface area contributed by atoms with Crippen molar-refractivity contribution in [3.05, 3.63) is 69.7 Å². The monoisotopic (exact) mass is 420 g/mol. The van der Waals surface area contributed by atoms with Crippen LogP contribution < -0.4 is 10.5 Å². The van der Waals surface area contributed by atoms with Gasteiger partial charge in [0.25, 0.3) is 5.56 Å². The van der Waals surface area contributed by atoms with E-state index in [1.807, 2.05) is 63.7 Å². The van der Waals surface area contributed by atoms with E-state index in [9.17, 15) is 4.79 Å². The first-order valence-electron chi connectivity index (χ1n) is 10.8. The van der Waals surface area contributed by atoms with Crippen molar-refractivity contribution in [3.63, 3.8) is 0 Å². The lowest BCUT2D eigenvalue weighted by atomic mass is 10.1. The molecule has 4 aromatic rings. The molecule has 1 aliphatic rings. The fraction of sp³-hybridized carbons (Fsp3) is 0.348. The first-order chi connectivity index (χ1) is 14.7. The number of likely N-dealkylation sites (tertiary alicyclic amines) is 1. The molecule has 2 aromatic carbocycles. The van der Waals surface area contributed by atoms with Crippen LogP contribution in [0.5, 0.6) is 0 Å².